The summed E-state index contributed by atoms with van der Waals surface area (Å²) in [6, 6.07) is 4.33. The maximum Gasteiger partial charge on any atom is 0.191 e. The Morgan fingerprint density at radius 3 is 2.74 bits per heavy atom. The van der Waals surface area contributed by atoms with Crippen LogP contribution in [0.1, 0.15) is 31.2 Å². The third-order valence-electron chi connectivity index (χ3n) is 3.17. The van der Waals surface area contributed by atoms with Crippen molar-refractivity contribution in [3.8, 4) is 0 Å². The van der Waals surface area contributed by atoms with Crippen LogP contribution in [-0.2, 0) is 6.54 Å². The van der Waals surface area contributed by atoms with E-state index < -0.39 is 0 Å². The number of nitrogens with one attached hydrogen (secondary N) is 2. The predicted molar refractivity (Wildman–Crippen MR) is 90.3 cm³/mol. The number of guanidine groups is 1. The summed E-state index contributed by atoms with van der Waals surface area (Å²) in [4.78, 5) is 8.28. The number of hydrogen-bond donors (Lipinski definition) is 2. The highest BCUT2D eigenvalue weighted by Gasteiger charge is 2.15. The van der Waals surface area contributed by atoms with Crippen molar-refractivity contribution in [3.63, 3.8) is 0 Å². The van der Waals surface area contributed by atoms with E-state index in [9.17, 15) is 0 Å². The van der Waals surface area contributed by atoms with Crippen LogP contribution in [-0.4, -0.2) is 24.0 Å². The molecule has 1 aliphatic carbocycles. The van der Waals surface area contributed by atoms with Crippen molar-refractivity contribution in [3.05, 3.63) is 29.0 Å². The average Bonchev–Trinajstić information content (AvgIpc) is 2.89. The van der Waals surface area contributed by atoms with Crippen LogP contribution in [0.25, 0.3) is 0 Å². The van der Waals surface area contributed by atoms with E-state index in [0.29, 0.717) is 17.7 Å². The molecule has 0 spiro atoms. The Morgan fingerprint density at radius 2 is 2.16 bits per heavy atom. The van der Waals surface area contributed by atoms with Gasteiger partial charge in [0.2, 0.25) is 0 Å². The summed E-state index contributed by atoms with van der Waals surface area (Å²) in [5.41, 5.74) is 1.09. The van der Waals surface area contributed by atoms with Gasteiger partial charge < -0.3 is 10.6 Å². The van der Waals surface area contributed by atoms with E-state index in [1.807, 2.05) is 6.07 Å². The third kappa shape index (κ3) is 5.52. The number of hydrogen-bond acceptors (Lipinski definition) is 2. The minimum Gasteiger partial charge on any atom is -0.354 e. The van der Waals surface area contributed by atoms with Crippen molar-refractivity contribution < 1.29 is 0 Å². The third-order valence-corrected chi connectivity index (χ3v) is 3.39. The molecule has 0 atom stereocenters. The fourth-order valence-electron chi connectivity index (χ4n) is 2.15. The molecule has 0 amide bonds. The number of aliphatic imine (C=N–C) groups is 1. The largest absolute Gasteiger partial charge is 0.354 e. The van der Waals surface area contributed by atoms with Crippen LogP contribution in [0.2, 0.25) is 5.15 Å². The molecule has 19 heavy (non-hydrogen) atoms. The number of nitrogens with zero attached hydrogens (tertiary/aromatic N) is 2. The Bertz CT molecular complexity index is 402. The van der Waals surface area contributed by atoms with Gasteiger partial charge in [0.25, 0.3) is 0 Å². The molecule has 0 bridgehead atoms. The van der Waals surface area contributed by atoms with Crippen LogP contribution >= 0.6 is 35.6 Å². The van der Waals surface area contributed by atoms with Crippen LogP contribution in [0, 0.1) is 0 Å². The van der Waals surface area contributed by atoms with E-state index in [1.54, 1.807) is 19.3 Å². The highest BCUT2D eigenvalue weighted by atomic mass is 127. The van der Waals surface area contributed by atoms with Crippen molar-refractivity contribution >= 4 is 41.5 Å². The lowest BCUT2D eigenvalue weighted by molar-refractivity contribution is 0.613. The summed E-state index contributed by atoms with van der Waals surface area (Å²) in [5, 5.41) is 7.25. The maximum atomic E-state index is 5.75. The van der Waals surface area contributed by atoms with Gasteiger partial charge in [-0.3, -0.25) is 4.99 Å². The van der Waals surface area contributed by atoms with Crippen LogP contribution in [0.4, 0.5) is 0 Å². The minimum absolute atomic E-state index is 0. The first-order chi connectivity index (χ1) is 8.78. The monoisotopic (exact) mass is 394 g/mol. The molecule has 0 saturated heterocycles. The number of halogens is 2. The van der Waals surface area contributed by atoms with E-state index in [4.69, 9.17) is 11.6 Å². The molecule has 0 aliphatic heterocycles. The molecule has 1 fully saturated rings. The van der Waals surface area contributed by atoms with Gasteiger partial charge in [0, 0.05) is 25.8 Å². The lowest BCUT2D eigenvalue weighted by Gasteiger charge is -2.16. The second-order valence-electron chi connectivity index (χ2n) is 4.54. The van der Waals surface area contributed by atoms with Gasteiger partial charge in [0.05, 0.1) is 0 Å². The molecule has 2 rings (SSSR count). The summed E-state index contributed by atoms with van der Waals surface area (Å²) in [6.45, 7) is 0.705. The standard InChI is InChI=1S/C13H19ClN4.HI/c1-15-13(18-11-4-2-3-5-11)17-9-10-6-7-12(14)16-8-10;/h6-8,11H,2-5,9H2,1H3,(H2,15,17,18);1H. The summed E-state index contributed by atoms with van der Waals surface area (Å²) in [7, 11) is 1.80. The molecular formula is C13H20ClIN4. The van der Waals surface area contributed by atoms with Gasteiger partial charge in [-0.15, -0.1) is 24.0 Å². The average molecular weight is 395 g/mol. The fourth-order valence-corrected chi connectivity index (χ4v) is 2.27. The van der Waals surface area contributed by atoms with Crippen molar-refractivity contribution in [2.24, 2.45) is 4.99 Å². The molecule has 106 valence electrons. The fraction of sp³-hybridized carbons (Fsp3) is 0.538. The highest BCUT2D eigenvalue weighted by Crippen LogP contribution is 2.17. The van der Waals surface area contributed by atoms with E-state index in [2.05, 4.69) is 20.6 Å². The summed E-state index contributed by atoms with van der Waals surface area (Å²) in [6.07, 6.45) is 6.89. The van der Waals surface area contributed by atoms with E-state index >= 15 is 0 Å². The Kier molecular flexibility index (Phi) is 7.45. The van der Waals surface area contributed by atoms with Crippen molar-refractivity contribution in [1.29, 1.82) is 0 Å². The molecule has 0 unspecified atom stereocenters. The summed E-state index contributed by atoms with van der Waals surface area (Å²) < 4.78 is 0. The van der Waals surface area contributed by atoms with Crippen LogP contribution < -0.4 is 10.6 Å². The molecule has 1 aromatic heterocycles. The molecule has 1 heterocycles. The Hall–Kier alpha value is -0.560. The second kappa shape index (κ2) is 8.58. The predicted octanol–water partition coefficient (Wildman–Crippen LogP) is 2.96. The number of rotatable bonds is 3. The Labute approximate surface area is 136 Å². The van der Waals surface area contributed by atoms with Crippen LogP contribution in [0.5, 0.6) is 0 Å². The van der Waals surface area contributed by atoms with Crippen molar-refractivity contribution in [2.45, 2.75) is 38.3 Å². The van der Waals surface area contributed by atoms with Gasteiger partial charge in [-0.25, -0.2) is 4.98 Å². The van der Waals surface area contributed by atoms with Crippen LogP contribution in [0.3, 0.4) is 0 Å². The first-order valence-corrected chi connectivity index (χ1v) is 6.73. The Morgan fingerprint density at radius 1 is 1.42 bits per heavy atom. The quantitative estimate of drug-likeness (QED) is 0.359. The number of pyridine rings is 1. The summed E-state index contributed by atoms with van der Waals surface area (Å²) >= 11 is 5.75. The topological polar surface area (TPSA) is 49.3 Å². The lowest BCUT2D eigenvalue weighted by atomic mass is 10.2. The zero-order valence-electron chi connectivity index (χ0n) is 11.0. The van der Waals surface area contributed by atoms with Gasteiger partial charge in [0.15, 0.2) is 5.96 Å². The zero-order valence-corrected chi connectivity index (χ0v) is 14.1. The van der Waals surface area contributed by atoms with E-state index in [1.165, 1.54) is 25.7 Å². The molecule has 1 aliphatic rings. The first-order valence-electron chi connectivity index (χ1n) is 6.35. The molecule has 0 radical (unpaired) electrons. The molecule has 4 nitrogen and oxygen atoms in total. The van der Waals surface area contributed by atoms with Gasteiger partial charge in [-0.1, -0.05) is 30.5 Å². The van der Waals surface area contributed by atoms with Gasteiger partial charge in [-0.2, -0.15) is 0 Å². The highest BCUT2D eigenvalue weighted by molar-refractivity contribution is 14.0. The van der Waals surface area contributed by atoms with E-state index in [-0.39, 0.29) is 24.0 Å². The van der Waals surface area contributed by atoms with E-state index in [0.717, 1.165) is 11.5 Å². The van der Waals surface area contributed by atoms with Gasteiger partial charge in [0.1, 0.15) is 5.15 Å². The molecule has 1 aromatic rings. The summed E-state index contributed by atoms with van der Waals surface area (Å²) in [5.74, 6) is 0.858. The molecule has 0 aromatic carbocycles. The van der Waals surface area contributed by atoms with Gasteiger partial charge in [-0.05, 0) is 24.5 Å². The first kappa shape index (κ1) is 16.5. The molecule has 6 heteroatoms. The van der Waals surface area contributed by atoms with Crippen molar-refractivity contribution in [2.75, 3.05) is 7.05 Å². The molecular weight excluding hydrogens is 375 g/mol. The smallest absolute Gasteiger partial charge is 0.191 e. The molecule has 2 N–H and O–H groups in total. The van der Waals surface area contributed by atoms with Crippen molar-refractivity contribution in [1.82, 2.24) is 15.6 Å². The Balaban J connectivity index is 0.00000180. The minimum atomic E-state index is 0. The zero-order chi connectivity index (χ0) is 12.8. The molecule has 1 saturated carbocycles. The maximum absolute atomic E-state index is 5.75. The van der Waals surface area contributed by atoms with Gasteiger partial charge >= 0.3 is 0 Å². The van der Waals surface area contributed by atoms with Crippen LogP contribution in [0.15, 0.2) is 23.3 Å². The number of aromatic nitrogens is 1. The second-order valence-corrected chi connectivity index (χ2v) is 4.93. The normalized spacial score (nSPS) is 16.0. The SMILES string of the molecule is CN=C(NCc1ccc(Cl)nc1)NC1CCCC1.I. The lowest BCUT2D eigenvalue weighted by Crippen LogP contribution is -2.41.